The van der Waals surface area contributed by atoms with Crippen molar-refractivity contribution < 1.29 is 14.5 Å². The Labute approximate surface area is 138 Å². The number of anilines is 2. The molecule has 2 amide bonds. The third-order valence-corrected chi connectivity index (χ3v) is 2.95. The van der Waals surface area contributed by atoms with Crippen molar-refractivity contribution in [2.45, 2.75) is 0 Å². The molecule has 0 saturated heterocycles. The molecule has 0 fully saturated rings. The first-order valence-electron chi connectivity index (χ1n) is 6.66. The number of nitrogens with zero attached hydrogens (tertiary/aromatic N) is 5. The van der Waals surface area contributed by atoms with Gasteiger partial charge in [0.2, 0.25) is 11.9 Å². The fourth-order valence-electron chi connectivity index (χ4n) is 1.87. The van der Waals surface area contributed by atoms with Gasteiger partial charge in [-0.3, -0.25) is 30.3 Å². The number of amides is 2. The molecule has 0 bridgehead atoms. The maximum Gasteiger partial charge on any atom is 0.271 e. The number of nitro groups is 1. The number of hydrogen-bond acceptors (Lipinski definition) is 8. The van der Waals surface area contributed by atoms with Gasteiger partial charge in [0.25, 0.3) is 17.5 Å². The number of benzene rings is 1. The molecule has 126 valence electrons. The van der Waals surface area contributed by atoms with Crippen molar-refractivity contribution in [1.82, 2.24) is 30.4 Å². The zero-order chi connectivity index (χ0) is 17.8. The first kappa shape index (κ1) is 15.7. The minimum absolute atomic E-state index is 0.0594. The first-order chi connectivity index (χ1) is 12.0. The summed E-state index contributed by atoms with van der Waals surface area (Å²) in [5.74, 6) is -1.28. The van der Waals surface area contributed by atoms with Crippen molar-refractivity contribution >= 4 is 29.4 Å². The van der Waals surface area contributed by atoms with Gasteiger partial charge in [-0.2, -0.15) is 20.2 Å². The Kier molecular flexibility index (Phi) is 4.11. The van der Waals surface area contributed by atoms with Crippen LogP contribution in [0.1, 0.15) is 20.7 Å². The number of aromatic amines is 2. The van der Waals surface area contributed by atoms with Crippen molar-refractivity contribution in [3.05, 3.63) is 52.1 Å². The summed E-state index contributed by atoms with van der Waals surface area (Å²) in [5.41, 5.74) is -0.630. The van der Waals surface area contributed by atoms with E-state index in [4.69, 9.17) is 0 Å². The highest BCUT2D eigenvalue weighted by Crippen LogP contribution is 2.19. The highest BCUT2D eigenvalue weighted by molar-refractivity contribution is 6.08. The number of H-pyrrole nitrogens is 2. The smallest absolute Gasteiger partial charge is 0.271 e. The summed E-state index contributed by atoms with van der Waals surface area (Å²) in [6.07, 6.45) is 2.36. The van der Waals surface area contributed by atoms with E-state index in [1.807, 2.05) is 0 Å². The SMILES string of the molecule is O=C(Nc1ncn[nH]1)c1cc(C(=O)Nc2ncn[nH]2)cc([N+](=O)[O-])c1. The van der Waals surface area contributed by atoms with Gasteiger partial charge < -0.3 is 0 Å². The molecule has 4 N–H and O–H groups in total. The third kappa shape index (κ3) is 3.61. The van der Waals surface area contributed by atoms with E-state index in [0.29, 0.717) is 0 Å². The maximum absolute atomic E-state index is 12.2. The van der Waals surface area contributed by atoms with Gasteiger partial charge in [-0.05, 0) is 6.07 Å². The zero-order valence-electron chi connectivity index (χ0n) is 12.3. The van der Waals surface area contributed by atoms with Gasteiger partial charge >= 0.3 is 0 Å². The molecule has 0 radical (unpaired) electrons. The highest BCUT2D eigenvalue weighted by Gasteiger charge is 2.19. The lowest BCUT2D eigenvalue weighted by molar-refractivity contribution is -0.384. The van der Waals surface area contributed by atoms with Crippen LogP contribution in [0, 0.1) is 10.1 Å². The number of carbonyl (C=O) groups excluding carboxylic acids is 2. The van der Waals surface area contributed by atoms with Crippen LogP contribution in [0.15, 0.2) is 30.9 Å². The molecule has 13 nitrogen and oxygen atoms in total. The van der Waals surface area contributed by atoms with Gasteiger partial charge in [0, 0.05) is 23.3 Å². The summed E-state index contributed by atoms with van der Waals surface area (Å²) >= 11 is 0. The number of rotatable bonds is 5. The second-order valence-corrected chi connectivity index (χ2v) is 4.60. The fraction of sp³-hybridized carbons (Fsp3) is 0. The van der Waals surface area contributed by atoms with E-state index in [9.17, 15) is 19.7 Å². The van der Waals surface area contributed by atoms with Gasteiger partial charge in [-0.1, -0.05) is 0 Å². The Bertz CT molecular complexity index is 854. The summed E-state index contributed by atoms with van der Waals surface area (Å²) in [5, 5.41) is 27.8. The molecule has 25 heavy (non-hydrogen) atoms. The largest absolute Gasteiger partial charge is 0.291 e. The summed E-state index contributed by atoms with van der Waals surface area (Å²) in [7, 11) is 0. The predicted molar refractivity (Wildman–Crippen MR) is 81.8 cm³/mol. The summed E-state index contributed by atoms with van der Waals surface area (Å²) < 4.78 is 0. The molecule has 0 spiro atoms. The number of nitro benzene ring substituents is 1. The Balaban J connectivity index is 1.90. The van der Waals surface area contributed by atoms with Gasteiger partial charge in [-0.25, -0.2) is 10.2 Å². The molecule has 0 aliphatic heterocycles. The van der Waals surface area contributed by atoms with Crippen molar-refractivity contribution in [2.75, 3.05) is 10.6 Å². The van der Waals surface area contributed by atoms with Crippen LogP contribution in [0.5, 0.6) is 0 Å². The van der Waals surface area contributed by atoms with E-state index in [1.165, 1.54) is 18.7 Å². The second kappa shape index (κ2) is 6.53. The number of nitrogens with one attached hydrogen (secondary N) is 4. The van der Waals surface area contributed by atoms with Gasteiger partial charge in [0.15, 0.2) is 0 Å². The molecule has 3 rings (SSSR count). The number of non-ortho nitro benzene ring substituents is 1. The molecule has 0 aliphatic carbocycles. The molecule has 0 aliphatic rings. The van der Waals surface area contributed by atoms with Crippen LogP contribution in [0.2, 0.25) is 0 Å². The Hall–Kier alpha value is -4.16. The van der Waals surface area contributed by atoms with Crippen LogP contribution in [0.25, 0.3) is 0 Å². The van der Waals surface area contributed by atoms with Crippen molar-refractivity contribution in [3.8, 4) is 0 Å². The molecule has 2 aromatic heterocycles. The highest BCUT2D eigenvalue weighted by atomic mass is 16.6. The topological polar surface area (TPSA) is 184 Å². The molecule has 2 heterocycles. The normalized spacial score (nSPS) is 10.2. The number of hydrogen-bond donors (Lipinski definition) is 4. The van der Waals surface area contributed by atoms with Crippen LogP contribution in [-0.4, -0.2) is 47.1 Å². The molecular formula is C12H9N9O4. The average molecular weight is 343 g/mol. The van der Waals surface area contributed by atoms with E-state index in [-0.39, 0.29) is 23.0 Å². The zero-order valence-corrected chi connectivity index (χ0v) is 12.3. The van der Waals surface area contributed by atoms with Gasteiger partial charge in [0.05, 0.1) is 4.92 Å². The van der Waals surface area contributed by atoms with E-state index >= 15 is 0 Å². The summed E-state index contributed by atoms with van der Waals surface area (Å²) in [6, 6.07) is 3.28. The lowest BCUT2D eigenvalue weighted by Crippen LogP contribution is -2.17. The Morgan fingerprint density at radius 2 is 1.40 bits per heavy atom. The van der Waals surface area contributed by atoms with E-state index in [1.54, 1.807) is 0 Å². The first-order valence-corrected chi connectivity index (χ1v) is 6.66. The number of carbonyl (C=O) groups is 2. The van der Waals surface area contributed by atoms with Crippen LogP contribution in [-0.2, 0) is 0 Å². The quantitative estimate of drug-likeness (QED) is 0.377. The van der Waals surface area contributed by atoms with Crippen LogP contribution in [0.3, 0.4) is 0 Å². The molecule has 0 atom stereocenters. The third-order valence-electron chi connectivity index (χ3n) is 2.95. The maximum atomic E-state index is 12.2. The minimum atomic E-state index is -0.712. The molecule has 0 saturated carbocycles. The van der Waals surface area contributed by atoms with Gasteiger partial charge in [0.1, 0.15) is 12.7 Å². The minimum Gasteiger partial charge on any atom is -0.291 e. The Morgan fingerprint density at radius 1 is 0.920 bits per heavy atom. The van der Waals surface area contributed by atoms with Gasteiger partial charge in [-0.15, -0.1) is 0 Å². The van der Waals surface area contributed by atoms with Crippen LogP contribution < -0.4 is 10.6 Å². The standard InChI is InChI=1S/C12H9N9O4/c22-9(17-11-13-4-15-19-11)6-1-7(3-8(2-6)21(24)25)10(23)18-12-14-5-16-20-12/h1-5H,(H2,13,15,17,19,22)(H2,14,16,18,20,23). The van der Waals surface area contributed by atoms with Crippen molar-refractivity contribution in [2.24, 2.45) is 0 Å². The number of aromatic nitrogens is 6. The van der Waals surface area contributed by atoms with Crippen molar-refractivity contribution in [1.29, 1.82) is 0 Å². The van der Waals surface area contributed by atoms with E-state index < -0.39 is 22.4 Å². The van der Waals surface area contributed by atoms with E-state index in [2.05, 4.69) is 41.0 Å². The van der Waals surface area contributed by atoms with E-state index in [0.717, 1.165) is 12.1 Å². The summed E-state index contributed by atoms with van der Waals surface area (Å²) in [6.45, 7) is 0. The summed E-state index contributed by atoms with van der Waals surface area (Å²) in [4.78, 5) is 42.2. The average Bonchev–Trinajstić information content (AvgIpc) is 3.28. The van der Waals surface area contributed by atoms with Crippen molar-refractivity contribution in [3.63, 3.8) is 0 Å². The lowest BCUT2D eigenvalue weighted by Gasteiger charge is -2.06. The molecule has 3 aromatic rings. The molecule has 13 heteroatoms. The lowest BCUT2D eigenvalue weighted by atomic mass is 10.1. The molecular weight excluding hydrogens is 334 g/mol. The monoisotopic (exact) mass is 343 g/mol. The second-order valence-electron chi connectivity index (χ2n) is 4.60. The van der Waals surface area contributed by atoms with Crippen LogP contribution >= 0.6 is 0 Å². The Morgan fingerprint density at radius 3 is 1.76 bits per heavy atom. The predicted octanol–water partition coefficient (Wildman–Crippen LogP) is 0.336. The molecule has 1 aromatic carbocycles. The fourth-order valence-corrected chi connectivity index (χ4v) is 1.87. The van der Waals surface area contributed by atoms with Crippen LogP contribution in [0.4, 0.5) is 17.6 Å². The molecule has 0 unspecified atom stereocenters.